The molecule has 2 atom stereocenters. The Morgan fingerprint density at radius 3 is 2.38 bits per heavy atom. The van der Waals surface area contributed by atoms with Gasteiger partial charge in [-0.25, -0.2) is 9.78 Å². The first-order chi connectivity index (χ1) is 23.7. The van der Waals surface area contributed by atoms with E-state index < -0.39 is 17.7 Å². The predicted octanol–water partition coefficient (Wildman–Crippen LogP) is 9.71. The van der Waals surface area contributed by atoms with Crippen molar-refractivity contribution in [3.05, 3.63) is 93.5 Å². The molecular weight excluding hydrogens is 667 g/mol. The van der Waals surface area contributed by atoms with Crippen molar-refractivity contribution >= 4 is 60.8 Å². The van der Waals surface area contributed by atoms with Gasteiger partial charge in [0.15, 0.2) is 11.1 Å². The van der Waals surface area contributed by atoms with Crippen LogP contribution in [0.25, 0.3) is 32.5 Å². The van der Waals surface area contributed by atoms with Crippen LogP contribution in [0, 0.1) is 20.8 Å². The lowest BCUT2D eigenvalue weighted by Crippen LogP contribution is -2.30. The van der Waals surface area contributed by atoms with Crippen LogP contribution in [0.5, 0.6) is 5.75 Å². The van der Waals surface area contributed by atoms with E-state index in [0.717, 1.165) is 66.2 Å². The van der Waals surface area contributed by atoms with Crippen LogP contribution in [0.3, 0.4) is 0 Å². The van der Waals surface area contributed by atoms with Gasteiger partial charge in [0.25, 0.3) is 5.91 Å². The second-order valence-electron chi connectivity index (χ2n) is 13.6. The maximum Gasteiger partial charge on any atom is 0.337 e. The molecule has 260 valence electrons. The van der Waals surface area contributed by atoms with Crippen LogP contribution in [-0.4, -0.2) is 46.3 Å². The number of fused-ring (bicyclic) bond motifs is 4. The summed E-state index contributed by atoms with van der Waals surface area (Å²) < 4.78 is 14.9. The molecule has 5 aromatic rings. The number of carbonyl (C=O) groups excluding carboxylic acids is 1. The Balaban J connectivity index is 1.52. The summed E-state index contributed by atoms with van der Waals surface area (Å²) in [5.41, 5.74) is 10.4. The number of hydrogen-bond donors (Lipinski definition) is 2. The minimum absolute atomic E-state index is 0.271. The van der Waals surface area contributed by atoms with Gasteiger partial charge in [-0.3, -0.25) is 4.79 Å². The molecule has 0 saturated carbocycles. The van der Waals surface area contributed by atoms with Gasteiger partial charge in [-0.15, -0.1) is 22.0 Å². The third kappa shape index (κ3) is 6.67. The van der Waals surface area contributed by atoms with Crippen LogP contribution in [0.1, 0.15) is 71.4 Å². The van der Waals surface area contributed by atoms with E-state index >= 15 is 0 Å². The largest absolute Gasteiger partial charge is 0.497 e. The molecule has 0 aliphatic carbocycles. The highest BCUT2D eigenvalue weighted by Gasteiger charge is 2.37. The van der Waals surface area contributed by atoms with Crippen LogP contribution >= 0.6 is 22.0 Å². The normalized spacial score (nSPS) is 13.9. The minimum atomic E-state index is -1.18. The lowest BCUT2D eigenvalue weighted by Gasteiger charge is -2.39. The lowest BCUT2D eigenvalue weighted by molar-refractivity contribution is -0.160. The predicted molar refractivity (Wildman–Crippen MR) is 208 cm³/mol. The summed E-state index contributed by atoms with van der Waals surface area (Å²) >= 11 is 1.33. The molecular formula is C40H43N3O5S2. The van der Waals surface area contributed by atoms with Gasteiger partial charge in [0.2, 0.25) is 0 Å². The molecule has 1 aliphatic rings. The van der Waals surface area contributed by atoms with Crippen molar-refractivity contribution in [3.8, 4) is 28.0 Å². The molecule has 4 aromatic carbocycles. The number of ether oxygens (including phenoxy) is 2. The number of aliphatic carboxylic acids is 1. The molecule has 2 heterocycles. The smallest absolute Gasteiger partial charge is 0.337 e. The van der Waals surface area contributed by atoms with Crippen molar-refractivity contribution in [3.63, 3.8) is 0 Å². The molecule has 0 fully saturated rings. The number of nitrogens with one attached hydrogen (secondary N) is 1. The van der Waals surface area contributed by atoms with Gasteiger partial charge in [0.1, 0.15) is 5.75 Å². The quantitative estimate of drug-likeness (QED) is 0.155. The minimum Gasteiger partial charge on any atom is -0.497 e. The standard InChI is InChI=1S/C40H43N3O5S2/c1-10-50(9)43-21-26-19-27(41-37(44)38-42-30-18-16-28(47-8)20-31(30)49-38)15-17-29(26)33-23(3)32(25-13-11-22(2)12-14-25)34(24(4)35(33)43)36(39(45)46)48-40(5,6)7/h10-20,36H,21H2,1-9H3,(H,41,44)(H,45,46)/t36-,50?/m0/s1. The molecule has 10 heteroatoms. The van der Waals surface area contributed by atoms with E-state index in [1.165, 1.54) is 11.3 Å². The molecule has 2 N–H and O–H groups in total. The molecule has 0 radical (unpaired) electrons. The number of carbonyl (C=O) groups is 2. The highest BCUT2D eigenvalue weighted by atomic mass is 32.2. The van der Waals surface area contributed by atoms with E-state index in [0.29, 0.717) is 22.8 Å². The van der Waals surface area contributed by atoms with Gasteiger partial charge in [-0.05, 0) is 124 Å². The summed E-state index contributed by atoms with van der Waals surface area (Å²) in [6.45, 7) is 14.4. The monoisotopic (exact) mass is 709 g/mol. The SMILES string of the molecule is C/C=S(/C)N1Cc2cc(NC(=O)c3nc4ccc(OC)cc4s3)ccc2-c2c(C)c(-c3ccc(C)cc3)c([C@H](OC(C)(C)C)C(=O)O)c(C)c21. The van der Waals surface area contributed by atoms with Crippen LogP contribution in [0.4, 0.5) is 11.4 Å². The molecule has 0 saturated heterocycles. The molecule has 1 unspecified atom stereocenters. The summed E-state index contributed by atoms with van der Waals surface area (Å²) in [5.74, 6) is -0.578. The fraction of sp³-hybridized carbons (Fsp3) is 0.300. The van der Waals surface area contributed by atoms with Gasteiger partial charge in [0, 0.05) is 16.8 Å². The van der Waals surface area contributed by atoms with Crippen LogP contribution in [-0.2, 0) is 16.1 Å². The number of aryl methyl sites for hydroxylation is 1. The zero-order chi connectivity index (χ0) is 36.1. The van der Waals surface area contributed by atoms with E-state index in [1.54, 1.807) is 7.11 Å². The van der Waals surface area contributed by atoms with Gasteiger partial charge in [-0.2, -0.15) is 0 Å². The van der Waals surface area contributed by atoms with Crippen LogP contribution < -0.4 is 14.4 Å². The van der Waals surface area contributed by atoms with Crippen LogP contribution in [0.15, 0.2) is 60.7 Å². The number of anilines is 2. The second-order valence-corrected chi connectivity index (χ2v) is 16.5. The Morgan fingerprint density at radius 2 is 1.74 bits per heavy atom. The number of carboxylic acid groups (broad SMARTS) is 1. The van der Waals surface area contributed by atoms with E-state index in [2.05, 4.69) is 70.4 Å². The maximum absolute atomic E-state index is 13.4. The average molecular weight is 710 g/mol. The van der Waals surface area contributed by atoms with Gasteiger partial charge >= 0.3 is 5.97 Å². The first kappa shape index (κ1) is 35.3. The molecule has 8 nitrogen and oxygen atoms in total. The summed E-state index contributed by atoms with van der Waals surface area (Å²) in [7, 11) is 1.31. The van der Waals surface area contributed by atoms with E-state index in [4.69, 9.17) is 9.47 Å². The topological polar surface area (TPSA) is 101 Å². The fourth-order valence-corrected chi connectivity index (χ4v) is 8.62. The van der Waals surface area contributed by atoms with Gasteiger partial charge in [-0.1, -0.05) is 35.9 Å². The molecule has 0 bridgehead atoms. The van der Waals surface area contributed by atoms with Crippen molar-refractivity contribution in [2.45, 2.75) is 66.7 Å². The first-order valence-electron chi connectivity index (χ1n) is 16.5. The number of carboxylic acids is 1. The van der Waals surface area contributed by atoms with Crippen molar-refractivity contribution in [2.75, 3.05) is 23.0 Å². The van der Waals surface area contributed by atoms with Crippen molar-refractivity contribution in [1.82, 2.24) is 4.98 Å². The molecule has 1 aliphatic heterocycles. The van der Waals surface area contributed by atoms with E-state index in [1.807, 2.05) is 65.0 Å². The molecule has 6 rings (SSSR count). The number of hydrogen-bond acceptors (Lipinski definition) is 7. The third-order valence-electron chi connectivity index (χ3n) is 8.99. The first-order valence-corrected chi connectivity index (χ1v) is 18.9. The van der Waals surface area contributed by atoms with Gasteiger partial charge < -0.3 is 24.2 Å². The number of aromatic nitrogens is 1. The molecule has 1 amide bonds. The zero-order valence-corrected chi connectivity index (χ0v) is 31.6. The molecule has 0 spiro atoms. The highest BCUT2D eigenvalue weighted by Crippen LogP contribution is 2.53. The number of methoxy groups -OCH3 is 1. The Hall–Kier alpha value is -4.51. The van der Waals surface area contributed by atoms with Crippen molar-refractivity contribution in [1.29, 1.82) is 0 Å². The molecule has 50 heavy (non-hydrogen) atoms. The third-order valence-corrected chi connectivity index (χ3v) is 11.7. The summed E-state index contributed by atoms with van der Waals surface area (Å²) in [5, 5.41) is 16.3. The Kier molecular flexibility index (Phi) is 9.65. The number of nitrogens with zero attached hydrogens (tertiary/aromatic N) is 2. The lowest BCUT2D eigenvalue weighted by atomic mass is 9.80. The number of rotatable bonds is 8. The zero-order valence-electron chi connectivity index (χ0n) is 29.9. The highest BCUT2D eigenvalue weighted by molar-refractivity contribution is 8.15. The number of benzene rings is 4. The van der Waals surface area contributed by atoms with Gasteiger partial charge in [0.05, 0.1) is 35.2 Å². The number of thiazole rings is 1. The summed E-state index contributed by atoms with van der Waals surface area (Å²) in [6.07, 6.45) is 0.995. The van der Waals surface area contributed by atoms with E-state index in [-0.39, 0.29) is 16.6 Å². The van der Waals surface area contributed by atoms with Crippen molar-refractivity contribution < 1.29 is 24.2 Å². The Bertz CT molecular complexity index is 2180. The Labute approximate surface area is 300 Å². The second kappa shape index (κ2) is 13.7. The Morgan fingerprint density at radius 1 is 1.02 bits per heavy atom. The van der Waals surface area contributed by atoms with Crippen LogP contribution in [0.2, 0.25) is 0 Å². The van der Waals surface area contributed by atoms with Crippen molar-refractivity contribution in [2.24, 2.45) is 0 Å². The van der Waals surface area contributed by atoms with E-state index in [9.17, 15) is 14.7 Å². The average Bonchev–Trinajstić information content (AvgIpc) is 3.51. The summed E-state index contributed by atoms with van der Waals surface area (Å²) in [6, 6.07) is 19.9. The molecule has 1 aromatic heterocycles. The maximum atomic E-state index is 13.4. The summed E-state index contributed by atoms with van der Waals surface area (Å²) in [4.78, 5) is 31.0. The number of amides is 1. The fourth-order valence-electron chi connectivity index (χ4n) is 6.62.